The van der Waals surface area contributed by atoms with Gasteiger partial charge in [-0.3, -0.25) is 4.98 Å². The fourth-order valence-electron chi connectivity index (χ4n) is 3.19. The number of benzene rings is 1. The van der Waals surface area contributed by atoms with E-state index in [1.165, 1.54) is 36.6 Å². The Hall–Kier alpha value is -1.41. The van der Waals surface area contributed by atoms with Crippen molar-refractivity contribution in [3.63, 3.8) is 0 Å². The van der Waals surface area contributed by atoms with Gasteiger partial charge in [-0.15, -0.1) is 0 Å². The second-order valence-corrected chi connectivity index (χ2v) is 6.59. The lowest BCUT2D eigenvalue weighted by molar-refractivity contribution is 0.213. The Labute approximate surface area is 121 Å². The Kier molecular flexibility index (Phi) is 3.75. The number of nitrogens with zero attached hydrogens (tertiary/aromatic N) is 1. The summed E-state index contributed by atoms with van der Waals surface area (Å²) in [5, 5.41) is 5.02. The summed E-state index contributed by atoms with van der Waals surface area (Å²) >= 11 is 0. The van der Waals surface area contributed by atoms with Gasteiger partial charge in [-0.2, -0.15) is 0 Å². The molecule has 0 amide bonds. The molecule has 1 heterocycles. The summed E-state index contributed by atoms with van der Waals surface area (Å²) in [7, 11) is 0. The average molecular weight is 268 g/mol. The van der Waals surface area contributed by atoms with Crippen molar-refractivity contribution in [2.75, 3.05) is 0 Å². The van der Waals surface area contributed by atoms with Gasteiger partial charge in [-0.05, 0) is 50.2 Å². The Morgan fingerprint density at radius 1 is 1.20 bits per heavy atom. The Bertz CT molecular complexity index is 577. The van der Waals surface area contributed by atoms with Crippen LogP contribution in [0.15, 0.2) is 36.5 Å². The van der Waals surface area contributed by atoms with E-state index < -0.39 is 0 Å². The lowest BCUT2D eigenvalue weighted by Gasteiger charge is -2.37. The van der Waals surface area contributed by atoms with Gasteiger partial charge in [0.25, 0.3) is 0 Å². The number of hydrogen-bond acceptors (Lipinski definition) is 2. The second-order valence-electron chi connectivity index (χ2n) is 6.59. The van der Waals surface area contributed by atoms with Crippen molar-refractivity contribution in [1.82, 2.24) is 10.3 Å². The number of rotatable bonds is 3. The van der Waals surface area contributed by atoms with E-state index >= 15 is 0 Å². The molecule has 1 aromatic carbocycles. The first kappa shape index (κ1) is 13.6. The van der Waals surface area contributed by atoms with Crippen LogP contribution in [-0.2, 0) is 6.54 Å². The summed E-state index contributed by atoms with van der Waals surface area (Å²) < 4.78 is 0. The van der Waals surface area contributed by atoms with E-state index in [2.05, 4.69) is 48.4 Å². The number of pyridine rings is 1. The molecule has 0 atom stereocenters. The average Bonchev–Trinajstić information content (AvgIpc) is 2.49. The molecule has 1 aromatic heterocycles. The molecule has 106 valence electrons. The normalized spacial score (nSPS) is 26.8. The van der Waals surface area contributed by atoms with Gasteiger partial charge in [0.1, 0.15) is 0 Å². The summed E-state index contributed by atoms with van der Waals surface area (Å²) in [6.45, 7) is 5.66. The van der Waals surface area contributed by atoms with Crippen LogP contribution in [-0.4, -0.2) is 10.5 Å². The Morgan fingerprint density at radius 2 is 1.95 bits per heavy atom. The third kappa shape index (κ3) is 2.85. The van der Waals surface area contributed by atoms with Crippen LogP contribution >= 0.6 is 0 Å². The van der Waals surface area contributed by atoms with E-state index in [1.807, 2.05) is 12.3 Å². The van der Waals surface area contributed by atoms with Gasteiger partial charge < -0.3 is 5.32 Å². The molecule has 1 saturated carbocycles. The predicted molar refractivity (Wildman–Crippen MR) is 84.6 cm³/mol. The number of para-hydroxylation sites is 1. The smallest absolute Gasteiger partial charge is 0.0746 e. The van der Waals surface area contributed by atoms with Gasteiger partial charge >= 0.3 is 0 Å². The number of aromatic nitrogens is 1. The number of hydrogen-bond donors (Lipinski definition) is 1. The molecule has 0 aliphatic heterocycles. The quantitative estimate of drug-likeness (QED) is 0.898. The van der Waals surface area contributed by atoms with Gasteiger partial charge in [0.15, 0.2) is 0 Å². The molecule has 0 radical (unpaired) electrons. The SMILES string of the molecule is CC1CCC(C)(NCc2cccc3cccnc23)CC1. The predicted octanol–water partition coefficient (Wildman–Crippen LogP) is 4.29. The molecule has 0 unspecified atom stereocenters. The molecule has 0 saturated heterocycles. The van der Waals surface area contributed by atoms with E-state index in [0.29, 0.717) is 5.54 Å². The summed E-state index contributed by atoms with van der Waals surface area (Å²) in [5.41, 5.74) is 2.74. The zero-order valence-corrected chi connectivity index (χ0v) is 12.5. The first-order valence-electron chi connectivity index (χ1n) is 7.74. The fourth-order valence-corrected chi connectivity index (χ4v) is 3.19. The molecule has 3 rings (SSSR count). The minimum Gasteiger partial charge on any atom is -0.307 e. The zero-order valence-electron chi connectivity index (χ0n) is 12.5. The Morgan fingerprint density at radius 3 is 2.75 bits per heavy atom. The van der Waals surface area contributed by atoms with Gasteiger partial charge in [0, 0.05) is 23.7 Å². The molecule has 1 N–H and O–H groups in total. The van der Waals surface area contributed by atoms with Crippen molar-refractivity contribution in [2.45, 2.75) is 51.6 Å². The zero-order chi connectivity index (χ0) is 14.0. The van der Waals surface area contributed by atoms with Crippen molar-refractivity contribution < 1.29 is 0 Å². The molecule has 2 aromatic rings. The maximum Gasteiger partial charge on any atom is 0.0746 e. The van der Waals surface area contributed by atoms with Crippen LogP contribution in [0, 0.1) is 5.92 Å². The first-order valence-corrected chi connectivity index (χ1v) is 7.74. The molecule has 0 spiro atoms. The van der Waals surface area contributed by atoms with Crippen LogP contribution < -0.4 is 5.32 Å². The Balaban J connectivity index is 1.74. The lowest BCUT2D eigenvalue weighted by Crippen LogP contribution is -2.44. The summed E-state index contributed by atoms with van der Waals surface area (Å²) in [6, 6.07) is 10.6. The van der Waals surface area contributed by atoms with E-state index in [9.17, 15) is 0 Å². The number of fused-ring (bicyclic) bond motifs is 1. The van der Waals surface area contributed by atoms with E-state index in [-0.39, 0.29) is 0 Å². The van der Waals surface area contributed by atoms with E-state index in [1.54, 1.807) is 0 Å². The molecular weight excluding hydrogens is 244 g/mol. The van der Waals surface area contributed by atoms with Gasteiger partial charge in [0.05, 0.1) is 5.52 Å². The summed E-state index contributed by atoms with van der Waals surface area (Å²) in [4.78, 5) is 4.54. The van der Waals surface area contributed by atoms with Crippen LogP contribution in [0.1, 0.15) is 45.1 Å². The first-order chi connectivity index (χ1) is 9.66. The van der Waals surface area contributed by atoms with Crippen LogP contribution in [0.3, 0.4) is 0 Å². The van der Waals surface area contributed by atoms with Crippen LogP contribution in [0.4, 0.5) is 0 Å². The monoisotopic (exact) mass is 268 g/mol. The third-order valence-electron chi connectivity index (χ3n) is 4.80. The molecule has 20 heavy (non-hydrogen) atoms. The minimum atomic E-state index is 0.295. The second kappa shape index (κ2) is 5.53. The lowest BCUT2D eigenvalue weighted by atomic mass is 9.78. The van der Waals surface area contributed by atoms with Crippen molar-refractivity contribution in [1.29, 1.82) is 0 Å². The fraction of sp³-hybridized carbons (Fsp3) is 0.500. The highest BCUT2D eigenvalue weighted by Crippen LogP contribution is 2.31. The maximum absolute atomic E-state index is 4.54. The molecule has 1 aliphatic carbocycles. The highest BCUT2D eigenvalue weighted by atomic mass is 15.0. The summed E-state index contributed by atoms with van der Waals surface area (Å²) in [6.07, 6.45) is 7.14. The van der Waals surface area contributed by atoms with Gasteiger partial charge in [-0.25, -0.2) is 0 Å². The van der Waals surface area contributed by atoms with Crippen LogP contribution in [0.25, 0.3) is 10.9 Å². The third-order valence-corrected chi connectivity index (χ3v) is 4.80. The van der Waals surface area contributed by atoms with Crippen molar-refractivity contribution in [3.05, 3.63) is 42.1 Å². The molecular formula is C18H24N2. The minimum absolute atomic E-state index is 0.295. The van der Waals surface area contributed by atoms with Crippen LogP contribution in [0.5, 0.6) is 0 Å². The molecule has 1 fully saturated rings. The highest BCUT2D eigenvalue weighted by molar-refractivity contribution is 5.81. The van der Waals surface area contributed by atoms with E-state index in [4.69, 9.17) is 0 Å². The van der Waals surface area contributed by atoms with Gasteiger partial charge in [0.2, 0.25) is 0 Å². The standard InChI is InChI=1S/C18H24N2/c1-14-8-10-18(2,11-9-14)20-13-16-6-3-5-15-7-4-12-19-17(15)16/h3-7,12,14,20H,8-11,13H2,1-2H3. The molecule has 1 aliphatic rings. The highest BCUT2D eigenvalue weighted by Gasteiger charge is 2.28. The van der Waals surface area contributed by atoms with Crippen molar-refractivity contribution >= 4 is 10.9 Å². The molecule has 2 nitrogen and oxygen atoms in total. The van der Waals surface area contributed by atoms with Crippen molar-refractivity contribution in [3.8, 4) is 0 Å². The van der Waals surface area contributed by atoms with Gasteiger partial charge in [-0.1, -0.05) is 31.2 Å². The number of nitrogens with one attached hydrogen (secondary N) is 1. The van der Waals surface area contributed by atoms with Crippen LogP contribution in [0.2, 0.25) is 0 Å². The van der Waals surface area contributed by atoms with Crippen molar-refractivity contribution in [2.24, 2.45) is 5.92 Å². The van der Waals surface area contributed by atoms with E-state index in [0.717, 1.165) is 18.0 Å². The summed E-state index contributed by atoms with van der Waals surface area (Å²) in [5.74, 6) is 0.893. The topological polar surface area (TPSA) is 24.9 Å². The molecule has 2 heteroatoms. The maximum atomic E-state index is 4.54. The largest absolute Gasteiger partial charge is 0.307 e. The molecule has 0 bridgehead atoms.